The Morgan fingerprint density at radius 1 is 1.33 bits per heavy atom. The van der Waals surface area contributed by atoms with Gasteiger partial charge in [-0.15, -0.1) is 11.3 Å². The largest absolute Gasteiger partial charge is 0.462 e. The second-order valence-electron chi connectivity index (χ2n) is 6.59. The number of aromatic nitrogens is 3. The molecule has 0 bridgehead atoms. The van der Waals surface area contributed by atoms with Crippen molar-refractivity contribution in [1.82, 2.24) is 25.6 Å². The zero-order valence-corrected chi connectivity index (χ0v) is 18.3. The molecule has 2 heterocycles. The van der Waals surface area contributed by atoms with Crippen LogP contribution in [0.3, 0.4) is 0 Å². The number of thiazole rings is 1. The Labute approximate surface area is 179 Å². The number of rotatable bonds is 7. The molecule has 0 aliphatic rings. The fourth-order valence-electron chi connectivity index (χ4n) is 2.83. The van der Waals surface area contributed by atoms with Gasteiger partial charge in [0.2, 0.25) is 0 Å². The molecule has 0 spiro atoms. The summed E-state index contributed by atoms with van der Waals surface area (Å²) >= 11 is 1.33. The molecule has 3 N–H and O–H groups in total. The first-order chi connectivity index (χ1) is 14.5. The Balaban J connectivity index is 1.59. The molecule has 8 nitrogen and oxygen atoms in total. The van der Waals surface area contributed by atoms with E-state index >= 15 is 0 Å². The van der Waals surface area contributed by atoms with E-state index in [0.717, 1.165) is 22.1 Å². The first-order valence-corrected chi connectivity index (χ1v) is 10.5. The number of aryl methyl sites for hydroxylation is 1. The van der Waals surface area contributed by atoms with E-state index < -0.39 is 0 Å². The molecule has 3 aromatic rings. The summed E-state index contributed by atoms with van der Waals surface area (Å²) < 4.78 is 5.09. The smallest absolute Gasteiger partial charge is 0.350 e. The summed E-state index contributed by atoms with van der Waals surface area (Å²) in [5.41, 5.74) is 2.73. The van der Waals surface area contributed by atoms with Crippen molar-refractivity contribution in [2.75, 3.05) is 13.7 Å². The molecule has 0 aliphatic heterocycles. The molecule has 2 aromatic heterocycles. The van der Waals surface area contributed by atoms with Gasteiger partial charge in [0, 0.05) is 7.05 Å². The summed E-state index contributed by atoms with van der Waals surface area (Å²) in [6.07, 6.45) is 1.82. The van der Waals surface area contributed by atoms with E-state index in [2.05, 4.69) is 30.6 Å². The molecular weight excluding hydrogens is 400 g/mol. The van der Waals surface area contributed by atoms with Crippen LogP contribution in [0.25, 0.3) is 11.3 Å². The van der Waals surface area contributed by atoms with Crippen molar-refractivity contribution in [2.45, 2.75) is 33.4 Å². The maximum absolute atomic E-state index is 12.0. The van der Waals surface area contributed by atoms with E-state index in [1.54, 1.807) is 14.0 Å². The number of benzene rings is 1. The van der Waals surface area contributed by atoms with Gasteiger partial charge in [0.1, 0.15) is 15.7 Å². The first kappa shape index (κ1) is 21.5. The first-order valence-electron chi connectivity index (χ1n) is 9.72. The highest BCUT2D eigenvalue weighted by atomic mass is 32.1. The Hall–Kier alpha value is -3.20. The Kier molecular flexibility index (Phi) is 7.18. The lowest BCUT2D eigenvalue weighted by molar-refractivity contribution is 0.0531. The van der Waals surface area contributed by atoms with E-state index in [0.29, 0.717) is 29.7 Å². The number of guanidine groups is 1. The van der Waals surface area contributed by atoms with Gasteiger partial charge in [-0.1, -0.05) is 30.3 Å². The van der Waals surface area contributed by atoms with E-state index in [1.807, 2.05) is 50.4 Å². The minimum Gasteiger partial charge on any atom is -0.462 e. The molecular formula is C21H26N6O2S. The van der Waals surface area contributed by atoms with Gasteiger partial charge in [-0.2, -0.15) is 0 Å². The topological polar surface area (TPSA) is 104 Å². The molecule has 1 unspecified atom stereocenters. The fourth-order valence-corrected chi connectivity index (χ4v) is 3.80. The maximum atomic E-state index is 12.0. The Bertz CT molecular complexity index is 1010. The molecule has 1 aromatic carbocycles. The zero-order valence-electron chi connectivity index (χ0n) is 17.5. The maximum Gasteiger partial charge on any atom is 0.350 e. The number of H-pyrrole nitrogens is 1. The number of nitrogens with one attached hydrogen (secondary N) is 3. The van der Waals surface area contributed by atoms with Gasteiger partial charge >= 0.3 is 5.97 Å². The number of hydrogen-bond donors (Lipinski definition) is 3. The lowest BCUT2D eigenvalue weighted by atomic mass is 10.2. The van der Waals surface area contributed by atoms with E-state index in [9.17, 15) is 4.79 Å². The number of aromatic amines is 1. The van der Waals surface area contributed by atoms with Crippen LogP contribution in [-0.2, 0) is 11.3 Å². The van der Waals surface area contributed by atoms with Crippen molar-refractivity contribution < 1.29 is 9.53 Å². The van der Waals surface area contributed by atoms with Crippen molar-refractivity contribution in [3.8, 4) is 11.3 Å². The fraction of sp³-hybridized carbons (Fsp3) is 0.333. The summed E-state index contributed by atoms with van der Waals surface area (Å²) in [6, 6.07) is 9.92. The van der Waals surface area contributed by atoms with Crippen LogP contribution in [0.1, 0.15) is 46.1 Å². The SMILES string of the molecule is CCOC(=O)c1sc(C(C)NC(=NC)NCc2ncc(-c3ccccc3)[nH]2)nc1C. The van der Waals surface area contributed by atoms with Crippen molar-refractivity contribution in [1.29, 1.82) is 0 Å². The van der Waals surface area contributed by atoms with E-state index in [4.69, 9.17) is 4.74 Å². The standard InChI is InChI=1S/C21H26N6O2S/c1-5-29-20(28)18-13(2)25-19(30-18)14(3)26-21(22-4)24-12-17-23-11-16(27-17)15-9-7-6-8-10-15/h6-11,14H,5,12H2,1-4H3,(H,23,27)(H2,22,24,26). The van der Waals surface area contributed by atoms with Crippen LogP contribution in [-0.4, -0.2) is 40.5 Å². The van der Waals surface area contributed by atoms with E-state index in [-0.39, 0.29) is 12.0 Å². The van der Waals surface area contributed by atoms with Gasteiger partial charge in [-0.3, -0.25) is 4.99 Å². The third-order valence-corrected chi connectivity index (χ3v) is 5.68. The van der Waals surface area contributed by atoms with Crippen LogP contribution in [0, 0.1) is 6.92 Å². The summed E-state index contributed by atoms with van der Waals surface area (Å²) in [4.78, 5) is 29.1. The molecule has 0 aliphatic carbocycles. The minimum atomic E-state index is -0.333. The number of ether oxygens (including phenoxy) is 1. The second kappa shape index (κ2) is 10.0. The third-order valence-electron chi connectivity index (χ3n) is 4.36. The lowest BCUT2D eigenvalue weighted by Crippen LogP contribution is -2.38. The molecule has 0 radical (unpaired) electrons. The molecule has 0 saturated heterocycles. The number of hydrogen-bond acceptors (Lipinski definition) is 6. The lowest BCUT2D eigenvalue weighted by Gasteiger charge is -2.15. The minimum absolute atomic E-state index is 0.125. The van der Waals surface area contributed by atoms with Crippen LogP contribution in [0.2, 0.25) is 0 Å². The van der Waals surface area contributed by atoms with Crippen LogP contribution in [0.5, 0.6) is 0 Å². The van der Waals surface area contributed by atoms with E-state index in [1.165, 1.54) is 11.3 Å². The van der Waals surface area contributed by atoms with Gasteiger partial charge in [0.15, 0.2) is 5.96 Å². The van der Waals surface area contributed by atoms with Gasteiger partial charge in [-0.05, 0) is 26.3 Å². The molecule has 0 fully saturated rings. The molecule has 0 amide bonds. The number of nitrogens with zero attached hydrogens (tertiary/aromatic N) is 3. The Morgan fingerprint density at radius 3 is 2.80 bits per heavy atom. The predicted molar refractivity (Wildman–Crippen MR) is 119 cm³/mol. The highest BCUT2D eigenvalue weighted by Gasteiger charge is 2.20. The van der Waals surface area contributed by atoms with Gasteiger partial charge in [0.25, 0.3) is 0 Å². The molecule has 0 saturated carbocycles. The van der Waals surface area contributed by atoms with Gasteiger partial charge in [0.05, 0.1) is 36.8 Å². The summed E-state index contributed by atoms with van der Waals surface area (Å²) in [7, 11) is 1.71. The van der Waals surface area contributed by atoms with Crippen LogP contribution in [0.15, 0.2) is 41.5 Å². The van der Waals surface area contributed by atoms with Gasteiger partial charge in [-0.25, -0.2) is 14.8 Å². The molecule has 1 atom stereocenters. The van der Waals surface area contributed by atoms with Gasteiger partial charge < -0.3 is 20.4 Å². The monoisotopic (exact) mass is 426 g/mol. The number of carbonyl (C=O) groups is 1. The van der Waals surface area contributed by atoms with Crippen molar-refractivity contribution >= 4 is 23.3 Å². The number of esters is 1. The highest BCUT2D eigenvalue weighted by molar-refractivity contribution is 7.13. The third kappa shape index (κ3) is 5.24. The quantitative estimate of drug-likeness (QED) is 0.304. The zero-order chi connectivity index (χ0) is 21.5. The summed E-state index contributed by atoms with van der Waals surface area (Å²) in [5.74, 6) is 1.09. The van der Waals surface area contributed by atoms with Crippen molar-refractivity contribution in [3.63, 3.8) is 0 Å². The van der Waals surface area contributed by atoms with Crippen LogP contribution >= 0.6 is 11.3 Å². The highest BCUT2D eigenvalue weighted by Crippen LogP contribution is 2.24. The number of imidazole rings is 1. The number of carbonyl (C=O) groups excluding carboxylic acids is 1. The normalized spacial score (nSPS) is 12.5. The average molecular weight is 427 g/mol. The van der Waals surface area contributed by atoms with Crippen LogP contribution < -0.4 is 10.6 Å². The van der Waals surface area contributed by atoms with Crippen molar-refractivity contribution in [3.05, 3.63) is 57.9 Å². The summed E-state index contributed by atoms with van der Waals surface area (Å²) in [6.45, 7) is 6.41. The number of aliphatic imine (C=N–C) groups is 1. The van der Waals surface area contributed by atoms with Crippen LogP contribution in [0.4, 0.5) is 0 Å². The molecule has 9 heteroatoms. The molecule has 158 valence electrons. The predicted octanol–water partition coefficient (Wildman–Crippen LogP) is 3.44. The van der Waals surface area contributed by atoms with Crippen molar-refractivity contribution in [2.24, 2.45) is 4.99 Å². The Morgan fingerprint density at radius 2 is 2.10 bits per heavy atom. The molecule has 3 rings (SSSR count). The average Bonchev–Trinajstić information content (AvgIpc) is 3.38. The molecule has 30 heavy (non-hydrogen) atoms. The summed E-state index contributed by atoms with van der Waals surface area (Å²) in [5, 5.41) is 7.34. The second-order valence-corrected chi connectivity index (χ2v) is 7.62.